The van der Waals surface area contributed by atoms with Gasteiger partial charge in [-0.1, -0.05) is 12.1 Å². The molecule has 0 radical (unpaired) electrons. The zero-order valence-corrected chi connectivity index (χ0v) is 23.4. The van der Waals surface area contributed by atoms with Crippen molar-refractivity contribution in [1.82, 2.24) is 14.8 Å². The summed E-state index contributed by atoms with van der Waals surface area (Å²) in [6.07, 6.45) is 5.07. The van der Waals surface area contributed by atoms with E-state index in [4.69, 9.17) is 4.74 Å². The maximum Gasteiger partial charge on any atom is 0.272 e. The van der Waals surface area contributed by atoms with E-state index in [1.165, 1.54) is 18.3 Å². The zero-order chi connectivity index (χ0) is 28.8. The molecule has 7 nitrogen and oxygen atoms in total. The van der Waals surface area contributed by atoms with Gasteiger partial charge in [-0.05, 0) is 98.8 Å². The fraction of sp³-hybridized carbons (Fsp3) is 0.394. The summed E-state index contributed by atoms with van der Waals surface area (Å²) in [5.74, 6) is 0.656. The molecule has 41 heavy (non-hydrogen) atoms. The standard InChI is InChI=1S/C33H36FN3O4/c1-41-29-9-4-25(5-10-29)32(39)26-14-18-37(19-15-26)33(40)30-11-6-27(21-35-30)31(38)20-23-12-16-36(17-13-23)22-24-2-7-28(34)8-3-24/h2-11,21,23,26H,12-20,22H2,1H3. The van der Waals surface area contributed by atoms with Crippen LogP contribution < -0.4 is 4.74 Å². The van der Waals surface area contributed by atoms with Gasteiger partial charge in [0.15, 0.2) is 11.6 Å². The van der Waals surface area contributed by atoms with Gasteiger partial charge in [-0.3, -0.25) is 24.3 Å². The number of amides is 1. The van der Waals surface area contributed by atoms with E-state index >= 15 is 0 Å². The number of hydrogen-bond donors (Lipinski definition) is 0. The summed E-state index contributed by atoms with van der Waals surface area (Å²) >= 11 is 0. The molecule has 8 heteroatoms. The molecule has 0 atom stereocenters. The van der Waals surface area contributed by atoms with Crippen molar-refractivity contribution in [2.45, 2.75) is 38.6 Å². The summed E-state index contributed by atoms with van der Waals surface area (Å²) in [6, 6.07) is 17.1. The number of ketones is 2. The van der Waals surface area contributed by atoms with Crippen LogP contribution in [0.2, 0.25) is 0 Å². The highest BCUT2D eigenvalue weighted by Gasteiger charge is 2.29. The molecule has 3 heterocycles. The average Bonchev–Trinajstić information content (AvgIpc) is 3.02. The summed E-state index contributed by atoms with van der Waals surface area (Å²) in [5, 5.41) is 0. The van der Waals surface area contributed by atoms with Gasteiger partial charge < -0.3 is 9.64 Å². The van der Waals surface area contributed by atoms with Gasteiger partial charge in [0, 0.05) is 49.3 Å². The van der Waals surface area contributed by atoms with Crippen LogP contribution in [-0.2, 0) is 6.54 Å². The molecule has 0 saturated carbocycles. The van der Waals surface area contributed by atoms with Crippen molar-refractivity contribution in [3.8, 4) is 5.75 Å². The molecule has 2 fully saturated rings. The predicted octanol–water partition coefficient (Wildman–Crippen LogP) is 5.45. The summed E-state index contributed by atoms with van der Waals surface area (Å²) in [7, 11) is 1.59. The molecule has 3 aromatic rings. The van der Waals surface area contributed by atoms with E-state index in [1.54, 1.807) is 48.4 Å². The Labute approximate surface area is 240 Å². The van der Waals surface area contributed by atoms with Crippen molar-refractivity contribution in [1.29, 1.82) is 0 Å². The van der Waals surface area contributed by atoms with Crippen molar-refractivity contribution >= 4 is 17.5 Å². The van der Waals surface area contributed by atoms with E-state index in [9.17, 15) is 18.8 Å². The fourth-order valence-corrected chi connectivity index (χ4v) is 5.76. The first kappa shape index (κ1) is 28.6. The molecule has 2 aliphatic heterocycles. The van der Waals surface area contributed by atoms with E-state index in [-0.39, 0.29) is 29.2 Å². The number of methoxy groups -OCH3 is 1. The Morgan fingerprint density at radius 3 is 2.12 bits per heavy atom. The molecular weight excluding hydrogens is 521 g/mol. The number of hydrogen-bond acceptors (Lipinski definition) is 6. The molecule has 1 amide bonds. The quantitative estimate of drug-likeness (QED) is 0.326. The van der Waals surface area contributed by atoms with Crippen molar-refractivity contribution in [2.24, 2.45) is 11.8 Å². The zero-order valence-electron chi connectivity index (χ0n) is 23.4. The summed E-state index contributed by atoms with van der Waals surface area (Å²) in [5.41, 5.74) is 2.59. The third-order valence-corrected chi connectivity index (χ3v) is 8.33. The highest BCUT2D eigenvalue weighted by Crippen LogP contribution is 2.26. The third kappa shape index (κ3) is 7.24. The van der Waals surface area contributed by atoms with Gasteiger partial charge in [-0.2, -0.15) is 0 Å². The number of benzene rings is 2. The first-order valence-electron chi connectivity index (χ1n) is 14.3. The number of ether oxygens (including phenoxy) is 1. The highest BCUT2D eigenvalue weighted by molar-refractivity contribution is 5.99. The van der Waals surface area contributed by atoms with Gasteiger partial charge in [0.05, 0.1) is 7.11 Å². The topological polar surface area (TPSA) is 79.8 Å². The van der Waals surface area contributed by atoms with Gasteiger partial charge in [0.2, 0.25) is 0 Å². The van der Waals surface area contributed by atoms with Crippen molar-refractivity contribution in [2.75, 3.05) is 33.3 Å². The van der Waals surface area contributed by atoms with Crippen LogP contribution in [0.1, 0.15) is 68.9 Å². The first-order valence-corrected chi connectivity index (χ1v) is 14.3. The lowest BCUT2D eigenvalue weighted by Gasteiger charge is -2.31. The molecule has 1 aromatic heterocycles. The van der Waals surface area contributed by atoms with Gasteiger partial charge in [0.25, 0.3) is 5.91 Å². The minimum absolute atomic E-state index is 0.0475. The van der Waals surface area contributed by atoms with Crippen molar-refractivity contribution in [3.63, 3.8) is 0 Å². The molecule has 2 aromatic carbocycles. The first-order chi connectivity index (χ1) is 19.9. The van der Waals surface area contributed by atoms with Crippen LogP contribution in [0.5, 0.6) is 5.75 Å². The molecule has 214 valence electrons. The number of piperidine rings is 2. The lowest BCUT2D eigenvalue weighted by molar-refractivity contribution is 0.0645. The number of pyridine rings is 1. The normalized spacial score (nSPS) is 16.9. The van der Waals surface area contributed by atoms with E-state index in [0.717, 1.165) is 38.0 Å². The molecule has 0 bridgehead atoms. The van der Waals surface area contributed by atoms with Gasteiger partial charge >= 0.3 is 0 Å². The van der Waals surface area contributed by atoms with E-state index < -0.39 is 0 Å². The van der Waals surface area contributed by atoms with Gasteiger partial charge in [-0.15, -0.1) is 0 Å². The second-order valence-corrected chi connectivity index (χ2v) is 11.1. The number of carbonyl (C=O) groups excluding carboxylic acids is 3. The van der Waals surface area contributed by atoms with Crippen LogP contribution in [0.4, 0.5) is 4.39 Å². The molecule has 2 saturated heterocycles. The molecule has 0 unspecified atom stereocenters. The van der Waals surface area contributed by atoms with Gasteiger partial charge in [-0.25, -0.2) is 4.39 Å². The minimum Gasteiger partial charge on any atom is -0.497 e. The van der Waals surface area contributed by atoms with Crippen LogP contribution >= 0.6 is 0 Å². The monoisotopic (exact) mass is 557 g/mol. The fourth-order valence-electron chi connectivity index (χ4n) is 5.76. The Bertz CT molecular complexity index is 1340. The van der Waals surface area contributed by atoms with Crippen LogP contribution in [0.3, 0.4) is 0 Å². The predicted molar refractivity (Wildman–Crippen MR) is 154 cm³/mol. The number of likely N-dealkylation sites (tertiary alicyclic amines) is 2. The van der Waals surface area contributed by atoms with Crippen molar-refractivity contribution in [3.05, 3.63) is 95.1 Å². The number of carbonyl (C=O) groups is 3. The molecule has 0 aliphatic carbocycles. The van der Waals surface area contributed by atoms with Crippen molar-refractivity contribution < 1.29 is 23.5 Å². The smallest absolute Gasteiger partial charge is 0.272 e. The van der Waals surface area contributed by atoms with Gasteiger partial charge in [0.1, 0.15) is 17.3 Å². The van der Waals surface area contributed by atoms with Crippen LogP contribution in [0.25, 0.3) is 0 Å². The maximum absolute atomic E-state index is 13.1. The number of rotatable bonds is 9. The Kier molecular flexibility index (Phi) is 9.19. The van der Waals surface area contributed by atoms with Crippen LogP contribution in [-0.4, -0.2) is 65.5 Å². The average molecular weight is 558 g/mol. The number of aromatic nitrogens is 1. The van der Waals surface area contributed by atoms with E-state index in [2.05, 4.69) is 9.88 Å². The molecule has 5 rings (SSSR count). The summed E-state index contributed by atoms with van der Waals surface area (Å²) < 4.78 is 18.3. The third-order valence-electron chi connectivity index (χ3n) is 8.33. The maximum atomic E-state index is 13.1. The largest absolute Gasteiger partial charge is 0.497 e. The number of halogens is 1. The summed E-state index contributed by atoms with van der Waals surface area (Å²) in [4.78, 5) is 47.3. The molecule has 0 spiro atoms. The Morgan fingerprint density at radius 2 is 1.51 bits per heavy atom. The van der Waals surface area contributed by atoms with Crippen LogP contribution in [0.15, 0.2) is 66.9 Å². The van der Waals surface area contributed by atoms with Crippen LogP contribution in [0, 0.1) is 17.7 Å². The van der Waals surface area contributed by atoms with E-state index in [0.29, 0.717) is 60.8 Å². The second kappa shape index (κ2) is 13.2. The Hall–Kier alpha value is -3.91. The number of nitrogens with zero attached hydrogens (tertiary/aromatic N) is 3. The summed E-state index contributed by atoms with van der Waals surface area (Å²) in [6.45, 7) is 3.59. The Morgan fingerprint density at radius 1 is 0.854 bits per heavy atom. The minimum atomic E-state index is -0.225. The SMILES string of the molecule is COc1ccc(C(=O)C2CCN(C(=O)c3ccc(C(=O)CC4CCN(Cc5ccc(F)cc5)CC4)cn3)CC2)cc1. The highest BCUT2D eigenvalue weighted by atomic mass is 19.1. The van der Waals surface area contributed by atoms with E-state index in [1.807, 2.05) is 12.1 Å². The molecule has 0 N–H and O–H groups in total. The number of Topliss-reactive ketones (excluding diaryl/α,β-unsaturated/α-hetero) is 2. The second-order valence-electron chi connectivity index (χ2n) is 11.1. The lowest BCUT2D eigenvalue weighted by Crippen LogP contribution is -2.40. The molecule has 2 aliphatic rings. The molecular formula is C33H36FN3O4. The Balaban J connectivity index is 1.07. The lowest BCUT2D eigenvalue weighted by atomic mass is 9.88.